The van der Waals surface area contributed by atoms with Gasteiger partial charge in [-0.25, -0.2) is 5.57 Å². The molecule has 0 aromatic heterocycles. The molecule has 0 fully saturated rings. The molecule has 2 aliphatic rings. The molecule has 2 rings (SSSR count). The monoisotopic (exact) mass is 247 g/mol. The van der Waals surface area contributed by atoms with Gasteiger partial charge in [0.05, 0.1) is 0 Å². The molecule has 0 spiro atoms. The van der Waals surface area contributed by atoms with Crippen LogP contribution in [0.3, 0.4) is 0 Å². The Morgan fingerprint density at radius 1 is 1.31 bits per heavy atom. The molecule has 1 heteroatoms. The molecular formula is C12H13Zr-. The summed E-state index contributed by atoms with van der Waals surface area (Å²) in [5.41, 5.74) is 5.75. The molecule has 0 unspecified atom stereocenters. The van der Waals surface area contributed by atoms with E-state index >= 15 is 0 Å². The van der Waals surface area contributed by atoms with Gasteiger partial charge in [0.1, 0.15) is 0 Å². The molecule has 0 N–H and O–H groups in total. The first kappa shape index (κ1) is 10.9. The van der Waals surface area contributed by atoms with E-state index in [4.69, 9.17) is 0 Å². The Morgan fingerprint density at radius 2 is 2.08 bits per heavy atom. The van der Waals surface area contributed by atoms with Crippen molar-refractivity contribution >= 4 is 0 Å². The molecule has 13 heavy (non-hydrogen) atoms. The maximum Gasteiger partial charge on any atom is 0 e. The summed E-state index contributed by atoms with van der Waals surface area (Å²) in [5.74, 6) is 0. The van der Waals surface area contributed by atoms with Crippen molar-refractivity contribution < 1.29 is 26.2 Å². The molecule has 0 bridgehead atoms. The summed E-state index contributed by atoms with van der Waals surface area (Å²) in [6, 6.07) is 0. The number of rotatable bonds is 1. The van der Waals surface area contributed by atoms with Crippen LogP contribution in [0, 0.1) is 6.08 Å². The Balaban J connectivity index is 0.000000845. The standard InChI is InChI=1S/C12H13.Zr/c1-9-7-8-12(10(9)2)11-5-3-4-6-11;/h3-5H,6,8H2,1-2H3;/q-1;. The molecule has 0 aromatic rings. The van der Waals surface area contributed by atoms with Gasteiger partial charge in [-0.05, 0) is 6.42 Å². The summed E-state index contributed by atoms with van der Waals surface area (Å²) in [5, 5.41) is 0. The third-order valence-electron chi connectivity index (χ3n) is 2.70. The number of hydrogen-bond donors (Lipinski definition) is 0. The van der Waals surface area contributed by atoms with Crippen LogP contribution in [-0.4, -0.2) is 0 Å². The molecule has 0 atom stereocenters. The van der Waals surface area contributed by atoms with Crippen molar-refractivity contribution in [2.45, 2.75) is 26.7 Å². The van der Waals surface area contributed by atoms with Crippen molar-refractivity contribution in [1.29, 1.82) is 0 Å². The van der Waals surface area contributed by atoms with Gasteiger partial charge in [-0.15, -0.1) is 18.9 Å². The predicted molar refractivity (Wildman–Crippen MR) is 51.6 cm³/mol. The number of hydrogen-bond acceptors (Lipinski definition) is 0. The van der Waals surface area contributed by atoms with Crippen molar-refractivity contribution in [3.8, 4) is 0 Å². The van der Waals surface area contributed by atoms with E-state index in [0.29, 0.717) is 0 Å². The normalized spacial score (nSPS) is 20.2. The van der Waals surface area contributed by atoms with Crippen LogP contribution in [0.4, 0.5) is 0 Å². The molecule has 0 aliphatic heterocycles. The van der Waals surface area contributed by atoms with Gasteiger partial charge in [0, 0.05) is 26.2 Å². The molecule has 0 saturated heterocycles. The topological polar surface area (TPSA) is 0 Å². The van der Waals surface area contributed by atoms with Crippen LogP contribution in [0.1, 0.15) is 26.7 Å². The zero-order valence-electron chi connectivity index (χ0n) is 8.15. The van der Waals surface area contributed by atoms with E-state index in [2.05, 4.69) is 38.2 Å². The fourth-order valence-electron chi connectivity index (χ4n) is 1.74. The first-order valence-corrected chi connectivity index (χ1v) is 4.42. The fourth-order valence-corrected chi connectivity index (χ4v) is 1.74. The first-order valence-electron chi connectivity index (χ1n) is 4.42. The molecule has 0 aromatic carbocycles. The van der Waals surface area contributed by atoms with Crippen molar-refractivity contribution in [2.75, 3.05) is 0 Å². The van der Waals surface area contributed by atoms with E-state index in [1.165, 1.54) is 22.3 Å². The minimum absolute atomic E-state index is 0. The van der Waals surface area contributed by atoms with E-state index in [1.807, 2.05) is 0 Å². The molecule has 0 saturated carbocycles. The van der Waals surface area contributed by atoms with Crippen LogP contribution in [0.25, 0.3) is 0 Å². The zero-order valence-corrected chi connectivity index (χ0v) is 10.6. The fraction of sp³-hybridized carbons (Fsp3) is 0.333. The molecule has 66 valence electrons. The van der Waals surface area contributed by atoms with E-state index in [0.717, 1.165) is 12.8 Å². The van der Waals surface area contributed by atoms with Gasteiger partial charge in [0.2, 0.25) is 0 Å². The molecule has 0 amide bonds. The average molecular weight is 248 g/mol. The Morgan fingerprint density at radius 3 is 2.54 bits per heavy atom. The Hall–Kier alpha value is -0.157. The quantitative estimate of drug-likeness (QED) is 0.624. The molecule has 2 aliphatic carbocycles. The van der Waals surface area contributed by atoms with Crippen LogP contribution < -0.4 is 0 Å². The third-order valence-corrected chi connectivity index (χ3v) is 2.70. The summed E-state index contributed by atoms with van der Waals surface area (Å²) in [7, 11) is 0. The van der Waals surface area contributed by atoms with Gasteiger partial charge in [0.15, 0.2) is 0 Å². The second-order valence-electron chi connectivity index (χ2n) is 3.41. The van der Waals surface area contributed by atoms with Gasteiger partial charge in [0.25, 0.3) is 0 Å². The summed E-state index contributed by atoms with van der Waals surface area (Å²) >= 11 is 0. The van der Waals surface area contributed by atoms with Crippen molar-refractivity contribution in [2.24, 2.45) is 0 Å². The molecule has 0 heterocycles. The van der Waals surface area contributed by atoms with E-state index in [1.54, 1.807) is 0 Å². The maximum atomic E-state index is 3.37. The number of allylic oxidation sites excluding steroid dienone is 8. The van der Waals surface area contributed by atoms with Crippen LogP contribution in [-0.2, 0) is 26.2 Å². The van der Waals surface area contributed by atoms with Crippen LogP contribution >= 0.6 is 0 Å². The van der Waals surface area contributed by atoms with E-state index in [-0.39, 0.29) is 26.2 Å². The molecule has 0 nitrogen and oxygen atoms in total. The SMILES string of the molecule is CC1=[C-]CC(C2=CC=CC2)=C1C.[Zr]. The zero-order chi connectivity index (χ0) is 8.55. The van der Waals surface area contributed by atoms with Gasteiger partial charge in [-0.1, -0.05) is 30.7 Å². The van der Waals surface area contributed by atoms with Crippen LogP contribution in [0.15, 0.2) is 40.5 Å². The Labute approximate surface area is 99.2 Å². The summed E-state index contributed by atoms with van der Waals surface area (Å²) in [6.07, 6.45) is 12.1. The minimum Gasteiger partial charge on any atom is -0.269 e. The summed E-state index contributed by atoms with van der Waals surface area (Å²) in [4.78, 5) is 0. The van der Waals surface area contributed by atoms with Crippen LogP contribution in [0.2, 0.25) is 0 Å². The van der Waals surface area contributed by atoms with E-state index < -0.39 is 0 Å². The third kappa shape index (κ3) is 2.02. The first-order chi connectivity index (χ1) is 5.79. The van der Waals surface area contributed by atoms with Gasteiger partial charge >= 0.3 is 0 Å². The molecule has 0 radical (unpaired) electrons. The Bertz CT molecular complexity index is 327. The second kappa shape index (κ2) is 4.37. The van der Waals surface area contributed by atoms with Gasteiger partial charge < -0.3 is 0 Å². The van der Waals surface area contributed by atoms with Crippen molar-refractivity contribution in [1.82, 2.24) is 0 Å². The van der Waals surface area contributed by atoms with Crippen molar-refractivity contribution in [3.05, 3.63) is 46.6 Å². The molecular weight excluding hydrogens is 235 g/mol. The van der Waals surface area contributed by atoms with Gasteiger partial charge in [-0.2, -0.15) is 5.57 Å². The van der Waals surface area contributed by atoms with Crippen LogP contribution in [0.5, 0.6) is 0 Å². The summed E-state index contributed by atoms with van der Waals surface area (Å²) < 4.78 is 0. The van der Waals surface area contributed by atoms with Crippen molar-refractivity contribution in [3.63, 3.8) is 0 Å². The minimum atomic E-state index is 0. The smallest absolute Gasteiger partial charge is 0 e. The maximum absolute atomic E-state index is 3.37. The average Bonchev–Trinajstić information content (AvgIpc) is 2.64. The summed E-state index contributed by atoms with van der Waals surface area (Å²) in [6.45, 7) is 4.34. The largest absolute Gasteiger partial charge is 0.269 e. The van der Waals surface area contributed by atoms with E-state index in [9.17, 15) is 0 Å². The Kier molecular flexibility index (Phi) is 3.67. The predicted octanol–water partition coefficient (Wildman–Crippen LogP) is 3.34. The second-order valence-corrected chi connectivity index (χ2v) is 3.41. The van der Waals surface area contributed by atoms with Gasteiger partial charge in [-0.3, -0.25) is 6.08 Å².